The molecular weight excluding hydrogens is 254 g/mol. The van der Waals surface area contributed by atoms with E-state index in [1.807, 2.05) is 13.8 Å². The molecule has 0 aliphatic heterocycles. The van der Waals surface area contributed by atoms with Crippen LogP contribution in [0.1, 0.15) is 41.0 Å². The maximum absolute atomic E-state index is 11.5. The number of ketones is 1. The first-order valence-corrected chi connectivity index (χ1v) is 6.73. The maximum atomic E-state index is 11.5. The molecule has 0 spiro atoms. The molecule has 0 aromatic heterocycles. The first-order chi connectivity index (χ1) is 9.05. The molecule has 0 unspecified atom stereocenters. The minimum absolute atomic E-state index is 0.106. The molecule has 0 amide bonds. The largest absolute Gasteiger partial charge is 0.493 e. The second-order valence-corrected chi connectivity index (χ2v) is 6.93. The molecule has 1 aliphatic carbocycles. The zero-order valence-electron chi connectivity index (χ0n) is 13.2. The number of hydrogen-bond donors (Lipinski definition) is 1. The Morgan fingerprint density at radius 1 is 1.25 bits per heavy atom. The van der Waals surface area contributed by atoms with Crippen LogP contribution in [0.5, 0.6) is 0 Å². The Morgan fingerprint density at radius 2 is 1.85 bits per heavy atom. The summed E-state index contributed by atoms with van der Waals surface area (Å²) in [5, 5.41) is 11.5. The van der Waals surface area contributed by atoms with E-state index in [9.17, 15) is 10.0 Å². The van der Waals surface area contributed by atoms with Crippen LogP contribution in [0.3, 0.4) is 0 Å². The van der Waals surface area contributed by atoms with Gasteiger partial charge >= 0.3 is 0 Å². The summed E-state index contributed by atoms with van der Waals surface area (Å²) in [6, 6.07) is 0. The highest BCUT2D eigenvalue weighted by Crippen LogP contribution is 2.31. The number of ether oxygens (including phenoxy) is 1. The van der Waals surface area contributed by atoms with Crippen molar-refractivity contribution in [3.8, 4) is 0 Å². The summed E-state index contributed by atoms with van der Waals surface area (Å²) in [5.41, 5.74) is 0.433. The molecule has 1 N–H and O–H groups in total. The Kier molecular flexibility index (Phi) is 4.81. The maximum Gasteiger partial charge on any atom is 0.220 e. The van der Waals surface area contributed by atoms with Crippen molar-refractivity contribution in [2.45, 2.75) is 46.6 Å². The summed E-state index contributed by atoms with van der Waals surface area (Å²) in [7, 11) is 1.46. The topological polar surface area (TPSA) is 49.8 Å². The molecule has 0 atom stereocenters. The summed E-state index contributed by atoms with van der Waals surface area (Å²) in [4.78, 5) is 11.5. The van der Waals surface area contributed by atoms with Crippen molar-refractivity contribution in [1.29, 1.82) is 0 Å². The lowest BCUT2D eigenvalue weighted by Gasteiger charge is -2.38. The minimum Gasteiger partial charge on any atom is -0.493 e. The lowest BCUT2D eigenvalue weighted by Crippen LogP contribution is -2.41. The van der Waals surface area contributed by atoms with Gasteiger partial charge in [-0.1, -0.05) is 20.8 Å². The van der Waals surface area contributed by atoms with E-state index in [1.54, 1.807) is 18.4 Å². The van der Waals surface area contributed by atoms with Gasteiger partial charge in [-0.3, -0.25) is 15.1 Å². The monoisotopic (exact) mass is 279 g/mol. The average molecular weight is 279 g/mol. The van der Waals surface area contributed by atoms with Crippen LogP contribution in [0, 0.1) is 5.41 Å². The molecule has 0 bridgehead atoms. The fourth-order valence-electron chi connectivity index (χ4n) is 2.46. The van der Waals surface area contributed by atoms with Crippen LogP contribution >= 0.6 is 0 Å². The summed E-state index contributed by atoms with van der Waals surface area (Å²) in [5.74, 6) is 0.115. The smallest absolute Gasteiger partial charge is 0.220 e. The molecule has 1 rings (SSSR count). The fourth-order valence-corrected chi connectivity index (χ4v) is 2.46. The lowest BCUT2D eigenvalue weighted by atomic mass is 9.81. The molecule has 0 aromatic rings. The van der Waals surface area contributed by atoms with Gasteiger partial charge in [0.15, 0.2) is 5.76 Å². The van der Waals surface area contributed by atoms with E-state index in [0.29, 0.717) is 0 Å². The van der Waals surface area contributed by atoms with Crippen molar-refractivity contribution < 1.29 is 14.7 Å². The van der Waals surface area contributed by atoms with Crippen LogP contribution < -0.4 is 0 Å². The Bertz CT molecular complexity index is 465. The third-order valence-electron chi connectivity index (χ3n) is 3.04. The molecule has 1 aliphatic rings. The van der Waals surface area contributed by atoms with E-state index >= 15 is 0 Å². The van der Waals surface area contributed by atoms with Crippen molar-refractivity contribution in [2.24, 2.45) is 5.41 Å². The first kappa shape index (κ1) is 16.5. The summed E-state index contributed by atoms with van der Waals surface area (Å²) in [6.45, 7) is 10.4. The highest BCUT2D eigenvalue weighted by Gasteiger charge is 2.29. The van der Waals surface area contributed by atoms with Gasteiger partial charge in [-0.15, -0.1) is 0 Å². The summed E-state index contributed by atoms with van der Waals surface area (Å²) < 4.78 is 5.00. The number of carbonyl (C=O) groups excluding carboxylic acids is 1. The van der Waals surface area contributed by atoms with E-state index in [4.69, 9.17) is 4.74 Å². The highest BCUT2D eigenvalue weighted by atomic mass is 16.5. The number of carbonyl (C=O) groups is 1. The predicted octanol–water partition coefficient (Wildman–Crippen LogP) is 3.45. The number of hydrogen-bond acceptors (Lipinski definition) is 4. The lowest BCUT2D eigenvalue weighted by molar-refractivity contribution is -0.129. The molecule has 20 heavy (non-hydrogen) atoms. The van der Waals surface area contributed by atoms with Crippen molar-refractivity contribution in [1.82, 2.24) is 5.06 Å². The Hall–Kier alpha value is -1.55. The molecule has 0 saturated heterocycles. The number of nitrogens with zero attached hydrogens (tertiary/aromatic N) is 1. The molecule has 0 aromatic carbocycles. The molecule has 4 heteroatoms. The van der Waals surface area contributed by atoms with Gasteiger partial charge in [-0.2, -0.15) is 0 Å². The van der Waals surface area contributed by atoms with E-state index in [0.717, 1.165) is 12.0 Å². The highest BCUT2D eigenvalue weighted by molar-refractivity contribution is 6.04. The van der Waals surface area contributed by atoms with E-state index in [1.165, 1.54) is 18.2 Å². The quantitative estimate of drug-likeness (QED) is 0.801. The standard InChI is InChI=1S/C16H25NO3/c1-15(2,3)11-16(4,5)17(19)10-12-7-8-13(18)14(9-12)20-6/h7-10,19H,11H2,1-6H3/b12-10+. The van der Waals surface area contributed by atoms with E-state index < -0.39 is 5.54 Å². The Morgan fingerprint density at radius 3 is 2.35 bits per heavy atom. The molecule has 0 heterocycles. The number of rotatable bonds is 4. The van der Waals surface area contributed by atoms with Crippen molar-refractivity contribution in [3.05, 3.63) is 35.8 Å². The first-order valence-electron chi connectivity index (χ1n) is 6.73. The van der Waals surface area contributed by atoms with Crippen molar-refractivity contribution in [2.75, 3.05) is 7.11 Å². The predicted molar refractivity (Wildman–Crippen MR) is 79.1 cm³/mol. The number of allylic oxidation sites excluding steroid dienone is 4. The minimum atomic E-state index is -0.401. The molecule has 4 nitrogen and oxygen atoms in total. The van der Waals surface area contributed by atoms with Crippen LogP contribution in [-0.2, 0) is 9.53 Å². The van der Waals surface area contributed by atoms with Gasteiger partial charge in [-0.05, 0) is 49.5 Å². The summed E-state index contributed by atoms with van der Waals surface area (Å²) in [6.07, 6.45) is 7.17. The van der Waals surface area contributed by atoms with Crippen LogP contribution in [0.2, 0.25) is 0 Å². The molecular formula is C16H25NO3. The van der Waals surface area contributed by atoms with Crippen molar-refractivity contribution >= 4 is 5.78 Å². The SMILES string of the molecule is COC1=C/C(=C/N(O)C(C)(C)CC(C)(C)C)C=CC1=O. The normalized spacial score (nSPS) is 18.2. The molecule has 112 valence electrons. The third-order valence-corrected chi connectivity index (χ3v) is 3.04. The fraction of sp³-hybridized carbons (Fsp3) is 0.562. The average Bonchev–Trinajstić information content (AvgIpc) is 2.28. The van der Waals surface area contributed by atoms with E-state index in [2.05, 4.69) is 20.8 Å². The van der Waals surface area contributed by atoms with Crippen LogP contribution in [0.15, 0.2) is 35.8 Å². The van der Waals surface area contributed by atoms with E-state index in [-0.39, 0.29) is 17.0 Å². The summed E-state index contributed by atoms with van der Waals surface area (Å²) >= 11 is 0. The van der Waals surface area contributed by atoms with Gasteiger partial charge in [0.2, 0.25) is 5.78 Å². The second-order valence-electron chi connectivity index (χ2n) is 6.93. The second kappa shape index (κ2) is 5.83. The van der Waals surface area contributed by atoms with Crippen LogP contribution in [0.4, 0.5) is 0 Å². The third kappa shape index (κ3) is 4.53. The molecule has 0 saturated carbocycles. The van der Waals surface area contributed by atoms with Crippen LogP contribution in [0.25, 0.3) is 0 Å². The van der Waals surface area contributed by atoms with Crippen LogP contribution in [-0.4, -0.2) is 28.7 Å². The zero-order chi connectivity index (χ0) is 15.6. The number of methoxy groups -OCH3 is 1. The molecule has 0 fully saturated rings. The van der Waals surface area contributed by atoms with Gasteiger partial charge in [0.05, 0.1) is 12.6 Å². The van der Waals surface area contributed by atoms with Gasteiger partial charge in [0.1, 0.15) is 0 Å². The number of hydroxylamine groups is 2. The molecule has 0 radical (unpaired) electrons. The zero-order valence-corrected chi connectivity index (χ0v) is 13.2. The Balaban J connectivity index is 2.91. The van der Waals surface area contributed by atoms with Crippen molar-refractivity contribution in [3.63, 3.8) is 0 Å². The van der Waals surface area contributed by atoms with Gasteiger partial charge in [0.25, 0.3) is 0 Å². The van der Waals surface area contributed by atoms with Gasteiger partial charge < -0.3 is 4.74 Å². The van der Waals surface area contributed by atoms with Gasteiger partial charge in [0, 0.05) is 6.20 Å². The van der Waals surface area contributed by atoms with Gasteiger partial charge in [-0.25, -0.2) is 0 Å². The Labute approximate surface area is 121 Å².